The Balaban J connectivity index is 2.30. The predicted molar refractivity (Wildman–Crippen MR) is 64.0 cm³/mol. The molecule has 6 nitrogen and oxygen atoms in total. The maximum absolute atomic E-state index is 10.9. The van der Waals surface area contributed by atoms with Gasteiger partial charge in [0.2, 0.25) is 0 Å². The molecule has 0 aliphatic rings. The van der Waals surface area contributed by atoms with Gasteiger partial charge in [-0.05, 0) is 19.1 Å². The number of rotatable bonds is 5. The van der Waals surface area contributed by atoms with Gasteiger partial charge >= 0.3 is 5.97 Å². The first kappa shape index (κ1) is 12.4. The molecule has 0 spiro atoms. The molecule has 96 valence electrons. The number of imidazole rings is 1. The van der Waals surface area contributed by atoms with E-state index >= 15 is 0 Å². The number of carboxylic acid groups (broad SMARTS) is 1. The molecule has 0 bridgehead atoms. The number of aliphatic carboxylic acids is 1. The van der Waals surface area contributed by atoms with Gasteiger partial charge in [0.15, 0.2) is 0 Å². The molecule has 2 N–H and O–H groups in total. The Morgan fingerprint density at radius 3 is 2.89 bits per heavy atom. The molecule has 6 heteroatoms. The van der Waals surface area contributed by atoms with Crippen LogP contribution in [0, 0.1) is 0 Å². The molecule has 2 heterocycles. The fourth-order valence-electron chi connectivity index (χ4n) is 1.72. The van der Waals surface area contributed by atoms with Crippen molar-refractivity contribution in [3.63, 3.8) is 0 Å². The van der Waals surface area contributed by atoms with Crippen LogP contribution in [0.5, 0.6) is 0 Å². The van der Waals surface area contributed by atoms with Crippen molar-refractivity contribution in [3.05, 3.63) is 42.4 Å². The molecule has 2 aromatic heterocycles. The minimum atomic E-state index is -0.916. The third kappa shape index (κ3) is 2.43. The van der Waals surface area contributed by atoms with E-state index in [9.17, 15) is 4.79 Å². The molecule has 2 aromatic rings. The molecule has 0 saturated carbocycles. The zero-order valence-corrected chi connectivity index (χ0v) is 10.2. The highest BCUT2D eigenvalue weighted by molar-refractivity contribution is 5.72. The molecule has 0 saturated heterocycles. The number of carboxylic acids is 1. The van der Waals surface area contributed by atoms with Gasteiger partial charge in [-0.1, -0.05) is 0 Å². The summed E-state index contributed by atoms with van der Waals surface area (Å²) in [5.74, 6) is 0.427. The average Bonchev–Trinajstić information content (AvgIpc) is 2.96. The zero-order valence-electron chi connectivity index (χ0n) is 10.2. The van der Waals surface area contributed by atoms with Crippen LogP contribution in [-0.2, 0) is 11.8 Å². The van der Waals surface area contributed by atoms with Crippen LogP contribution in [0.4, 0.5) is 0 Å². The molecular weight excluding hydrogens is 234 g/mol. The van der Waals surface area contributed by atoms with Crippen molar-refractivity contribution in [1.29, 1.82) is 0 Å². The van der Waals surface area contributed by atoms with E-state index in [1.807, 2.05) is 11.6 Å². The molecule has 0 aliphatic carbocycles. The molecule has 2 rings (SSSR count). The van der Waals surface area contributed by atoms with Gasteiger partial charge in [0.05, 0.1) is 6.26 Å². The SMILES string of the molecule is CC(NC(c1ccco1)c1nccn1C)C(=O)O. The molecule has 0 radical (unpaired) electrons. The first-order valence-electron chi connectivity index (χ1n) is 5.59. The number of furan rings is 1. The van der Waals surface area contributed by atoms with E-state index in [1.165, 1.54) is 0 Å². The summed E-state index contributed by atoms with van der Waals surface area (Å²) < 4.78 is 7.17. The Labute approximate surface area is 104 Å². The number of aromatic nitrogens is 2. The van der Waals surface area contributed by atoms with Crippen molar-refractivity contribution in [2.45, 2.75) is 19.0 Å². The number of hydrogen-bond acceptors (Lipinski definition) is 4. The van der Waals surface area contributed by atoms with Gasteiger partial charge in [-0.15, -0.1) is 0 Å². The van der Waals surface area contributed by atoms with E-state index < -0.39 is 12.0 Å². The monoisotopic (exact) mass is 249 g/mol. The first-order chi connectivity index (χ1) is 8.59. The Hall–Kier alpha value is -2.08. The lowest BCUT2D eigenvalue weighted by atomic mass is 10.1. The first-order valence-corrected chi connectivity index (χ1v) is 5.59. The van der Waals surface area contributed by atoms with Crippen LogP contribution >= 0.6 is 0 Å². The van der Waals surface area contributed by atoms with Crippen LogP contribution in [0.2, 0.25) is 0 Å². The van der Waals surface area contributed by atoms with Gasteiger partial charge in [-0.25, -0.2) is 4.98 Å². The van der Waals surface area contributed by atoms with E-state index in [-0.39, 0.29) is 6.04 Å². The number of hydrogen-bond donors (Lipinski definition) is 2. The van der Waals surface area contributed by atoms with Crippen LogP contribution in [0.1, 0.15) is 24.6 Å². The number of aryl methyl sites for hydroxylation is 1. The van der Waals surface area contributed by atoms with Crippen molar-refractivity contribution in [2.24, 2.45) is 7.05 Å². The van der Waals surface area contributed by atoms with Gasteiger partial charge in [0, 0.05) is 19.4 Å². The molecule has 18 heavy (non-hydrogen) atoms. The molecule has 0 aromatic carbocycles. The van der Waals surface area contributed by atoms with Crippen LogP contribution in [0.3, 0.4) is 0 Å². The topological polar surface area (TPSA) is 80.3 Å². The van der Waals surface area contributed by atoms with E-state index in [4.69, 9.17) is 9.52 Å². The summed E-state index contributed by atoms with van der Waals surface area (Å²) in [6.07, 6.45) is 5.02. The van der Waals surface area contributed by atoms with Gasteiger partial charge in [0.1, 0.15) is 23.7 Å². The van der Waals surface area contributed by atoms with Crippen molar-refractivity contribution in [3.8, 4) is 0 Å². The Morgan fingerprint density at radius 1 is 1.61 bits per heavy atom. The lowest BCUT2D eigenvalue weighted by Gasteiger charge is -2.19. The fraction of sp³-hybridized carbons (Fsp3) is 0.333. The van der Waals surface area contributed by atoms with E-state index in [2.05, 4.69) is 10.3 Å². The highest BCUT2D eigenvalue weighted by Gasteiger charge is 2.25. The second-order valence-electron chi connectivity index (χ2n) is 4.07. The van der Waals surface area contributed by atoms with Gasteiger partial charge < -0.3 is 14.1 Å². The number of carbonyl (C=O) groups is 1. The van der Waals surface area contributed by atoms with Crippen LogP contribution < -0.4 is 5.32 Å². The normalized spacial score (nSPS) is 14.3. The van der Waals surface area contributed by atoms with E-state index in [0.717, 1.165) is 0 Å². The summed E-state index contributed by atoms with van der Waals surface area (Å²) in [7, 11) is 1.85. The summed E-state index contributed by atoms with van der Waals surface area (Å²) >= 11 is 0. The predicted octanol–water partition coefficient (Wildman–Crippen LogP) is 1.17. The fourth-order valence-corrected chi connectivity index (χ4v) is 1.72. The van der Waals surface area contributed by atoms with Crippen molar-refractivity contribution in [2.75, 3.05) is 0 Å². The molecule has 2 atom stereocenters. The standard InChI is InChI=1S/C12H15N3O3/c1-8(12(16)17)14-10(9-4-3-7-18-9)11-13-5-6-15(11)2/h3-8,10,14H,1-2H3,(H,16,17). The quantitative estimate of drug-likeness (QED) is 0.831. The minimum Gasteiger partial charge on any atom is -0.480 e. The highest BCUT2D eigenvalue weighted by atomic mass is 16.4. The second-order valence-corrected chi connectivity index (χ2v) is 4.07. The number of nitrogens with zero attached hydrogens (tertiary/aromatic N) is 2. The third-order valence-corrected chi connectivity index (χ3v) is 2.73. The summed E-state index contributed by atoms with van der Waals surface area (Å²) in [6.45, 7) is 1.58. The number of nitrogens with one attached hydrogen (secondary N) is 1. The Kier molecular flexibility index (Phi) is 3.47. The van der Waals surface area contributed by atoms with Gasteiger partial charge in [0.25, 0.3) is 0 Å². The largest absolute Gasteiger partial charge is 0.480 e. The summed E-state index contributed by atoms with van der Waals surface area (Å²) in [4.78, 5) is 15.2. The molecule has 0 aliphatic heterocycles. The lowest BCUT2D eigenvalue weighted by Crippen LogP contribution is -2.38. The zero-order chi connectivity index (χ0) is 13.1. The second kappa shape index (κ2) is 5.05. The molecular formula is C12H15N3O3. The van der Waals surface area contributed by atoms with Crippen LogP contribution in [0.25, 0.3) is 0 Å². The maximum Gasteiger partial charge on any atom is 0.320 e. The summed E-state index contributed by atoms with van der Waals surface area (Å²) in [5, 5.41) is 12.0. The van der Waals surface area contributed by atoms with Crippen molar-refractivity contribution < 1.29 is 14.3 Å². The minimum absolute atomic E-state index is 0.383. The Bertz CT molecular complexity index is 518. The van der Waals surface area contributed by atoms with Crippen LogP contribution in [0.15, 0.2) is 35.2 Å². The Morgan fingerprint density at radius 2 is 2.39 bits per heavy atom. The smallest absolute Gasteiger partial charge is 0.320 e. The third-order valence-electron chi connectivity index (χ3n) is 2.73. The summed E-state index contributed by atoms with van der Waals surface area (Å²) in [6, 6.07) is 2.47. The van der Waals surface area contributed by atoms with Crippen molar-refractivity contribution in [1.82, 2.24) is 14.9 Å². The van der Waals surface area contributed by atoms with Crippen LogP contribution in [-0.4, -0.2) is 26.7 Å². The summed E-state index contributed by atoms with van der Waals surface area (Å²) in [5.41, 5.74) is 0. The molecule has 0 amide bonds. The maximum atomic E-state index is 10.9. The van der Waals surface area contributed by atoms with Crippen molar-refractivity contribution >= 4 is 5.97 Å². The molecule has 2 unspecified atom stereocenters. The van der Waals surface area contributed by atoms with E-state index in [0.29, 0.717) is 11.6 Å². The average molecular weight is 249 g/mol. The van der Waals surface area contributed by atoms with Gasteiger partial charge in [-0.2, -0.15) is 0 Å². The van der Waals surface area contributed by atoms with Gasteiger partial charge in [-0.3, -0.25) is 10.1 Å². The van der Waals surface area contributed by atoms with E-state index in [1.54, 1.807) is 37.7 Å². The lowest BCUT2D eigenvalue weighted by molar-refractivity contribution is -0.139. The highest BCUT2D eigenvalue weighted by Crippen LogP contribution is 2.21. The molecule has 0 fully saturated rings.